The van der Waals surface area contributed by atoms with Crippen LogP contribution in [-0.4, -0.2) is 175 Å². The first-order valence-electron chi connectivity index (χ1n) is 31.9. The van der Waals surface area contributed by atoms with Crippen LogP contribution in [0.4, 0.5) is 0 Å². The molecule has 0 radical (unpaired) electrons. The van der Waals surface area contributed by atoms with Crippen molar-refractivity contribution in [1.82, 2.24) is 20.8 Å². The van der Waals surface area contributed by atoms with Crippen molar-refractivity contribution in [2.24, 2.45) is 11.5 Å². The molecule has 4 amide bonds. The summed E-state index contributed by atoms with van der Waals surface area (Å²) in [6.45, 7) is 9.54. The molecule has 12 N–H and O–H groups in total. The van der Waals surface area contributed by atoms with Gasteiger partial charge in [-0.2, -0.15) is 9.25 Å². The second kappa shape index (κ2) is 46.2. The summed E-state index contributed by atoms with van der Waals surface area (Å²) in [4.78, 5) is 92.7. The zero-order valence-corrected chi connectivity index (χ0v) is 54.0. The molecule has 508 valence electrons. The van der Waals surface area contributed by atoms with Crippen LogP contribution >= 0.6 is 7.82 Å². The molecule has 2 rings (SSSR count). The van der Waals surface area contributed by atoms with Gasteiger partial charge in [0.15, 0.2) is 18.5 Å². The minimum atomic E-state index is -3.56. The molecule has 87 heavy (non-hydrogen) atoms. The van der Waals surface area contributed by atoms with E-state index in [0.29, 0.717) is 19.4 Å². The zero-order valence-electron chi connectivity index (χ0n) is 53.1. The van der Waals surface area contributed by atoms with E-state index in [1.807, 2.05) is 0 Å². The molecule has 28 heteroatoms. The van der Waals surface area contributed by atoms with Crippen LogP contribution in [-0.2, 0) is 71.0 Å². The van der Waals surface area contributed by atoms with Crippen molar-refractivity contribution in [1.29, 1.82) is 0 Å². The predicted molar refractivity (Wildman–Crippen MR) is 321 cm³/mol. The number of unbranched alkanes of at least 4 members (excludes halogenated alkanes) is 24. The van der Waals surface area contributed by atoms with Gasteiger partial charge in [-0.05, 0) is 52.2 Å². The smallest absolute Gasteiger partial charge is 0.480 e. The number of aliphatic hydroxyl groups is 4. The van der Waals surface area contributed by atoms with E-state index in [1.54, 1.807) is 6.92 Å². The van der Waals surface area contributed by atoms with E-state index in [2.05, 4.69) is 38.4 Å². The summed E-state index contributed by atoms with van der Waals surface area (Å²) in [6.07, 6.45) is 17.1. The topological polar surface area (TPSA) is 405 Å². The summed E-state index contributed by atoms with van der Waals surface area (Å²) in [7, 11) is -3.56. The lowest BCUT2D eigenvalue weighted by atomic mass is 9.89. The second-order valence-corrected chi connectivity index (χ2v) is 24.5. The Morgan fingerprint density at radius 2 is 1.16 bits per heavy atom. The summed E-state index contributed by atoms with van der Waals surface area (Å²) in [6, 6.07) is -4.39. The number of nitrogens with two attached hydrogens (primary N) is 2. The Morgan fingerprint density at radius 3 is 1.55 bits per heavy atom. The number of carbonyl (C=O) groups is 7. The Bertz CT molecular complexity index is 2000. The van der Waals surface area contributed by atoms with Gasteiger partial charge in [-0.25, -0.2) is 14.6 Å². The fourth-order valence-corrected chi connectivity index (χ4v) is 10.9. The molecule has 2 saturated heterocycles. The van der Waals surface area contributed by atoms with Gasteiger partial charge < -0.3 is 71.5 Å². The first kappa shape index (κ1) is 81.1. The van der Waals surface area contributed by atoms with Crippen LogP contribution < -0.4 is 22.1 Å². The normalized spacial score (nSPS) is 20.6. The number of aliphatic carboxylic acids is 1. The number of ether oxygens (including phenoxy) is 4. The molecule has 0 aliphatic carbocycles. The van der Waals surface area contributed by atoms with Crippen molar-refractivity contribution < 1.29 is 102 Å². The number of phosphoric acid groups is 1. The number of nitrogens with one attached hydrogen (secondary N) is 2. The van der Waals surface area contributed by atoms with E-state index >= 15 is 0 Å². The molecule has 0 aromatic carbocycles. The number of carbonyl (C=O) groups excluding carboxylic acids is 6. The van der Waals surface area contributed by atoms with E-state index in [-0.39, 0.29) is 12.8 Å². The average Bonchev–Trinajstić information content (AvgIpc) is 3.01. The third-order valence-electron chi connectivity index (χ3n) is 15.4. The van der Waals surface area contributed by atoms with Crippen molar-refractivity contribution in [3.05, 3.63) is 0 Å². The minimum absolute atomic E-state index is 0.00392. The Balaban J connectivity index is 0.00000382. The average molecular weight is 1270 g/mol. The van der Waals surface area contributed by atoms with Gasteiger partial charge in [-0.15, -0.1) is 4.67 Å². The molecule has 2 heterocycles. The first-order valence-corrected chi connectivity index (χ1v) is 33.4. The molecular formula is C59H111N6O21P. The quantitative estimate of drug-likeness (QED) is 0.00999. The number of hydrogen-bond donors (Lipinski definition) is 10. The Hall–Kier alpha value is -3.96. The van der Waals surface area contributed by atoms with Crippen molar-refractivity contribution >= 4 is 49.4 Å². The number of aliphatic hydroxyl groups excluding tert-OH is 4. The molecule has 0 spiro atoms. The number of carboxylic acid groups (broad SMARTS) is 1. The summed E-state index contributed by atoms with van der Waals surface area (Å²) >= 11 is 0. The van der Waals surface area contributed by atoms with Crippen LogP contribution in [0.2, 0.25) is 0 Å². The molecule has 0 bridgehead atoms. The highest BCUT2D eigenvalue weighted by Crippen LogP contribution is 2.58. The van der Waals surface area contributed by atoms with Gasteiger partial charge in [0.2, 0.25) is 23.6 Å². The molecule has 2 aliphatic rings. The van der Waals surface area contributed by atoms with E-state index in [9.17, 15) is 63.7 Å². The van der Waals surface area contributed by atoms with Crippen LogP contribution in [0.3, 0.4) is 0 Å². The van der Waals surface area contributed by atoms with Crippen LogP contribution in [0, 0.1) is 0 Å². The molecule has 2 fully saturated rings. The van der Waals surface area contributed by atoms with E-state index < -0.39 is 149 Å². The largest absolute Gasteiger partial charge is 0.539 e. The first-order chi connectivity index (χ1) is 41.4. The SMILES string of the molecule is CCCCCCCCCCCCCCCC(=O)OC([C@H](CO)OC(=O)CCCCCCCCCCCCCCC)[C@@](C)(N)C(=O)N[C@H](CCC(=O)N(CC(C)O[C@H]1[C@H](O)[C@@H](CO)O[C@H](O)[C@@H]1NC(C)=O)[C@@H](C)C(=O)O)C(N)=O.CCN1OP(=O)(OO)O1. The number of amides is 4. The summed E-state index contributed by atoms with van der Waals surface area (Å²) in [5.74, 6) is -6.49. The van der Waals surface area contributed by atoms with Crippen LogP contribution in [0.1, 0.15) is 241 Å². The molecule has 0 aromatic heterocycles. The number of carboxylic acids is 1. The lowest BCUT2D eigenvalue weighted by Crippen LogP contribution is -2.66. The van der Waals surface area contributed by atoms with Crippen molar-refractivity contribution in [2.75, 3.05) is 26.3 Å². The fraction of sp³-hybridized carbons (Fsp3) is 0.881. The molecular weight excluding hydrogens is 1160 g/mol. The van der Waals surface area contributed by atoms with Crippen molar-refractivity contribution in [2.45, 2.75) is 308 Å². The van der Waals surface area contributed by atoms with Crippen LogP contribution in [0.15, 0.2) is 0 Å². The Kier molecular flexibility index (Phi) is 43.0. The van der Waals surface area contributed by atoms with Gasteiger partial charge in [-0.3, -0.25) is 28.8 Å². The number of hydrogen-bond acceptors (Lipinski definition) is 22. The monoisotopic (exact) mass is 1270 g/mol. The highest BCUT2D eigenvalue weighted by molar-refractivity contribution is 7.49. The molecule has 27 nitrogen and oxygen atoms in total. The molecule has 0 aromatic rings. The number of hydroxylamine groups is 2. The van der Waals surface area contributed by atoms with Crippen molar-refractivity contribution in [3.63, 3.8) is 0 Å². The second-order valence-electron chi connectivity index (χ2n) is 23.1. The highest BCUT2D eigenvalue weighted by Gasteiger charge is 2.49. The lowest BCUT2D eigenvalue weighted by Gasteiger charge is -2.43. The van der Waals surface area contributed by atoms with E-state index in [4.69, 9.17) is 35.7 Å². The van der Waals surface area contributed by atoms with Gasteiger partial charge in [0.05, 0.1) is 25.9 Å². The standard InChI is InChI=1S/C57H105N5O16.C2H6NO5P/c1-7-9-11-13-15-17-19-21-23-25-27-29-31-33-47(67)76-45(39-64)52(78-48(68)34-32-30-28-26-24-22-20-18-16-14-12-10-8-2)57(6,59)56(74)61-43(53(58)70)35-36-46(66)62(41(4)54(71)72)37-40(3)75-51-49(60-42(5)65)55(73)77-44(38-63)50(51)69;1-2-3-6-9(5,7-3)8-4/h40-41,43-45,49-52,55,63-64,69,73H,7-39,59H2,1-6H3,(H2,58,70)(H,60,65)(H,61,74)(H,71,72);4H,2H2,1H3/t40?,41-,43+,44+,45-,49+,50+,51+,52?,55-,57+;/m0./s1. The molecule has 0 saturated carbocycles. The summed E-state index contributed by atoms with van der Waals surface area (Å²) < 4.78 is 45.1. The maximum atomic E-state index is 14.2. The minimum Gasteiger partial charge on any atom is -0.480 e. The third kappa shape index (κ3) is 33.1. The highest BCUT2D eigenvalue weighted by atomic mass is 31.2. The third-order valence-corrected chi connectivity index (χ3v) is 16.3. The summed E-state index contributed by atoms with van der Waals surface area (Å²) in [5, 5.41) is 65.4. The number of rotatable bonds is 49. The number of primary amides is 1. The van der Waals surface area contributed by atoms with E-state index in [0.717, 1.165) is 74.8 Å². The maximum Gasteiger partial charge on any atom is 0.539 e. The van der Waals surface area contributed by atoms with Gasteiger partial charge in [0.1, 0.15) is 42.0 Å². The van der Waals surface area contributed by atoms with Gasteiger partial charge >= 0.3 is 25.7 Å². The number of nitrogens with zero attached hydrogens (tertiary/aromatic N) is 2. The van der Waals surface area contributed by atoms with Gasteiger partial charge in [0.25, 0.3) is 0 Å². The van der Waals surface area contributed by atoms with Gasteiger partial charge in [-0.1, -0.05) is 168 Å². The summed E-state index contributed by atoms with van der Waals surface area (Å²) in [5.41, 5.74) is 10.1. The Labute approximate surface area is 515 Å². The van der Waals surface area contributed by atoms with E-state index in [1.165, 1.54) is 117 Å². The number of esters is 2. The molecule has 2 aliphatic heterocycles. The van der Waals surface area contributed by atoms with Crippen LogP contribution in [0.25, 0.3) is 0 Å². The Morgan fingerprint density at radius 1 is 0.713 bits per heavy atom. The van der Waals surface area contributed by atoms with Crippen molar-refractivity contribution in [3.8, 4) is 0 Å². The van der Waals surface area contributed by atoms with Gasteiger partial charge in [0, 0.05) is 32.7 Å². The lowest BCUT2D eigenvalue weighted by molar-refractivity contribution is -0.374. The van der Waals surface area contributed by atoms with Crippen LogP contribution in [0.5, 0.6) is 0 Å². The fourth-order valence-electron chi connectivity index (χ4n) is 10.1. The maximum absolute atomic E-state index is 14.2. The molecule has 2 unspecified atom stereocenters. The molecule has 11 atom stereocenters. The zero-order chi connectivity index (χ0) is 65.4. The predicted octanol–water partition coefficient (Wildman–Crippen LogP) is 6.67.